The lowest BCUT2D eigenvalue weighted by atomic mass is 10.1. The molecule has 4 aromatic rings. The molecule has 0 radical (unpaired) electrons. The highest BCUT2D eigenvalue weighted by Crippen LogP contribution is 2.26. The topological polar surface area (TPSA) is 87.2 Å². The summed E-state index contributed by atoms with van der Waals surface area (Å²) in [4.78, 5) is 28.8. The number of benzene rings is 2. The Morgan fingerprint density at radius 3 is 2.45 bits per heavy atom. The first-order chi connectivity index (χ1) is 13.9. The number of halogens is 1. The zero-order valence-electron chi connectivity index (χ0n) is 15.4. The summed E-state index contributed by atoms with van der Waals surface area (Å²) in [5.74, 6) is -0.314. The van der Waals surface area contributed by atoms with E-state index in [1.807, 2.05) is 13.0 Å². The van der Waals surface area contributed by atoms with Crippen LogP contribution in [0.3, 0.4) is 0 Å². The quantitative estimate of drug-likeness (QED) is 0.576. The Bertz CT molecular complexity index is 1280. The summed E-state index contributed by atoms with van der Waals surface area (Å²) >= 11 is 0. The third-order valence-corrected chi connectivity index (χ3v) is 4.47. The van der Waals surface area contributed by atoms with Gasteiger partial charge in [0.2, 0.25) is 5.43 Å². The van der Waals surface area contributed by atoms with Gasteiger partial charge in [-0.05, 0) is 61.5 Å². The van der Waals surface area contributed by atoms with E-state index in [2.05, 4.69) is 4.98 Å². The van der Waals surface area contributed by atoms with Crippen LogP contribution in [0.5, 0.6) is 11.5 Å². The summed E-state index contributed by atoms with van der Waals surface area (Å²) in [5.41, 5.74) is 6.69. The maximum Gasteiger partial charge on any atom is 0.254 e. The molecule has 1 amide bonds. The summed E-state index contributed by atoms with van der Waals surface area (Å²) in [7, 11) is 0. The van der Waals surface area contributed by atoms with Gasteiger partial charge in [-0.2, -0.15) is 0 Å². The molecule has 144 valence electrons. The molecule has 0 bridgehead atoms. The van der Waals surface area contributed by atoms with Crippen molar-refractivity contribution in [3.05, 3.63) is 94.3 Å². The summed E-state index contributed by atoms with van der Waals surface area (Å²) in [6.45, 7) is 1.86. The fraction of sp³-hybridized carbons (Fsp3) is 0.0455. The number of rotatable bonds is 4. The molecule has 4 rings (SSSR count). The lowest BCUT2D eigenvalue weighted by Crippen LogP contribution is -2.23. The molecule has 29 heavy (non-hydrogen) atoms. The Morgan fingerprint density at radius 1 is 1.07 bits per heavy atom. The molecule has 0 aliphatic carbocycles. The lowest BCUT2D eigenvalue weighted by Gasteiger charge is -2.14. The molecule has 0 aliphatic heterocycles. The van der Waals surface area contributed by atoms with Crippen molar-refractivity contribution in [1.82, 2.24) is 9.55 Å². The van der Waals surface area contributed by atoms with Crippen LogP contribution in [0.25, 0.3) is 16.6 Å². The molecule has 0 aliphatic rings. The van der Waals surface area contributed by atoms with E-state index in [-0.39, 0.29) is 10.9 Å². The highest BCUT2D eigenvalue weighted by atomic mass is 19.1. The van der Waals surface area contributed by atoms with Gasteiger partial charge in [-0.1, -0.05) is 0 Å². The van der Waals surface area contributed by atoms with Gasteiger partial charge in [-0.15, -0.1) is 0 Å². The number of hydrogen-bond acceptors (Lipinski definition) is 4. The van der Waals surface area contributed by atoms with Crippen molar-refractivity contribution in [3.8, 4) is 17.2 Å². The molecule has 0 atom stereocenters. The Hall–Kier alpha value is -4.00. The standard InChI is InChI=1S/C22H16FN3O3/c1-13-2-7-17(11-25-13)29-16-8-9-20-18(10-16)21(27)19(22(24)28)12-26(20)15-5-3-14(23)4-6-15/h2-12H,1H3,(H2,24,28). The van der Waals surface area contributed by atoms with Crippen LogP contribution >= 0.6 is 0 Å². The third kappa shape index (κ3) is 3.58. The number of ether oxygens (including phenoxy) is 1. The number of carbonyl (C=O) groups is 1. The fourth-order valence-corrected chi connectivity index (χ4v) is 3.01. The monoisotopic (exact) mass is 389 g/mol. The summed E-state index contributed by atoms with van der Waals surface area (Å²) < 4.78 is 20.7. The van der Waals surface area contributed by atoms with E-state index < -0.39 is 17.2 Å². The Labute approximate surface area is 165 Å². The molecular formula is C22H16FN3O3. The van der Waals surface area contributed by atoms with Crippen LogP contribution in [0.15, 0.2) is 71.8 Å². The van der Waals surface area contributed by atoms with E-state index in [1.165, 1.54) is 18.3 Å². The number of aryl methyl sites for hydroxylation is 1. The van der Waals surface area contributed by atoms with Gasteiger partial charge in [-0.25, -0.2) is 4.39 Å². The minimum atomic E-state index is -0.846. The van der Waals surface area contributed by atoms with Crippen molar-refractivity contribution < 1.29 is 13.9 Å². The number of nitrogens with zero attached hydrogens (tertiary/aromatic N) is 2. The third-order valence-electron chi connectivity index (χ3n) is 4.47. The van der Waals surface area contributed by atoms with Gasteiger partial charge in [0.15, 0.2) is 0 Å². The van der Waals surface area contributed by atoms with Crippen LogP contribution in [0.2, 0.25) is 0 Å². The molecule has 0 spiro atoms. The summed E-state index contributed by atoms with van der Waals surface area (Å²) in [6.07, 6.45) is 2.95. The van der Waals surface area contributed by atoms with Crippen LogP contribution < -0.4 is 15.9 Å². The minimum Gasteiger partial charge on any atom is -0.456 e. The second-order valence-corrected chi connectivity index (χ2v) is 6.50. The summed E-state index contributed by atoms with van der Waals surface area (Å²) in [6, 6.07) is 14.2. The molecular weight excluding hydrogens is 373 g/mol. The molecule has 0 unspecified atom stereocenters. The number of pyridine rings is 2. The molecule has 2 heterocycles. The second kappa shape index (κ2) is 7.20. The molecule has 0 fully saturated rings. The number of carbonyl (C=O) groups excluding carboxylic acids is 1. The van der Waals surface area contributed by atoms with Gasteiger partial charge in [0.1, 0.15) is 22.9 Å². The van der Waals surface area contributed by atoms with E-state index in [4.69, 9.17) is 10.5 Å². The first kappa shape index (κ1) is 18.4. The van der Waals surface area contributed by atoms with E-state index >= 15 is 0 Å². The van der Waals surface area contributed by atoms with Crippen LogP contribution in [0, 0.1) is 12.7 Å². The predicted octanol–water partition coefficient (Wildman–Crippen LogP) is 3.72. The van der Waals surface area contributed by atoms with Gasteiger partial charge in [0.05, 0.1) is 17.1 Å². The maximum absolute atomic E-state index is 13.3. The number of aromatic nitrogens is 2. The predicted molar refractivity (Wildman–Crippen MR) is 107 cm³/mol. The highest BCUT2D eigenvalue weighted by molar-refractivity contribution is 5.97. The number of primary amides is 1. The second-order valence-electron chi connectivity index (χ2n) is 6.50. The van der Waals surface area contributed by atoms with E-state index in [0.717, 1.165) is 5.69 Å². The lowest BCUT2D eigenvalue weighted by molar-refractivity contribution is 0.0999. The number of nitrogens with two attached hydrogens (primary N) is 1. The van der Waals surface area contributed by atoms with E-state index in [1.54, 1.807) is 47.2 Å². The molecule has 2 aromatic heterocycles. The van der Waals surface area contributed by atoms with Crippen LogP contribution in [0.4, 0.5) is 4.39 Å². The van der Waals surface area contributed by atoms with Crippen molar-refractivity contribution in [2.75, 3.05) is 0 Å². The zero-order valence-corrected chi connectivity index (χ0v) is 15.4. The van der Waals surface area contributed by atoms with Crippen LogP contribution in [-0.4, -0.2) is 15.5 Å². The van der Waals surface area contributed by atoms with Crippen molar-refractivity contribution >= 4 is 16.8 Å². The number of hydrogen-bond donors (Lipinski definition) is 1. The normalized spacial score (nSPS) is 10.8. The van der Waals surface area contributed by atoms with Crippen molar-refractivity contribution in [2.45, 2.75) is 6.92 Å². The van der Waals surface area contributed by atoms with Crippen LogP contribution in [-0.2, 0) is 0 Å². The first-order valence-electron chi connectivity index (χ1n) is 8.78. The minimum absolute atomic E-state index is 0.170. The van der Waals surface area contributed by atoms with E-state index in [9.17, 15) is 14.0 Å². The molecule has 0 saturated heterocycles. The molecule has 7 heteroatoms. The number of fused-ring (bicyclic) bond motifs is 1. The fourth-order valence-electron chi connectivity index (χ4n) is 3.01. The largest absolute Gasteiger partial charge is 0.456 e. The van der Waals surface area contributed by atoms with Crippen LogP contribution in [0.1, 0.15) is 16.1 Å². The smallest absolute Gasteiger partial charge is 0.254 e. The Morgan fingerprint density at radius 2 is 1.79 bits per heavy atom. The van der Waals surface area contributed by atoms with Gasteiger partial charge < -0.3 is 15.0 Å². The van der Waals surface area contributed by atoms with Crippen molar-refractivity contribution in [3.63, 3.8) is 0 Å². The number of amides is 1. The Balaban J connectivity index is 1.89. The maximum atomic E-state index is 13.3. The highest BCUT2D eigenvalue weighted by Gasteiger charge is 2.15. The Kier molecular flexibility index (Phi) is 4.56. The first-order valence-corrected chi connectivity index (χ1v) is 8.78. The van der Waals surface area contributed by atoms with Crippen molar-refractivity contribution in [2.24, 2.45) is 5.73 Å². The van der Waals surface area contributed by atoms with E-state index in [0.29, 0.717) is 22.7 Å². The van der Waals surface area contributed by atoms with Gasteiger partial charge in [-0.3, -0.25) is 14.6 Å². The SMILES string of the molecule is Cc1ccc(Oc2ccc3c(c2)c(=O)c(C(N)=O)cn3-c2ccc(F)cc2)cn1. The average Bonchev–Trinajstić information content (AvgIpc) is 2.71. The van der Waals surface area contributed by atoms with Gasteiger partial charge in [0.25, 0.3) is 5.91 Å². The van der Waals surface area contributed by atoms with Crippen molar-refractivity contribution in [1.29, 1.82) is 0 Å². The van der Waals surface area contributed by atoms with Gasteiger partial charge in [0, 0.05) is 17.6 Å². The molecule has 0 saturated carbocycles. The average molecular weight is 389 g/mol. The van der Waals surface area contributed by atoms with Gasteiger partial charge >= 0.3 is 0 Å². The molecule has 6 nitrogen and oxygen atoms in total. The summed E-state index contributed by atoms with van der Waals surface area (Å²) in [5, 5.41) is 0.253. The zero-order chi connectivity index (χ0) is 20.5. The molecule has 2 aromatic carbocycles. The molecule has 2 N–H and O–H groups in total.